The first-order valence-electron chi connectivity index (χ1n) is 11.3. The van der Waals surface area contributed by atoms with Crippen LogP contribution in [0.15, 0.2) is 54.6 Å². The fourth-order valence-corrected chi connectivity index (χ4v) is 8.68. The van der Waals surface area contributed by atoms with Crippen LogP contribution in [-0.4, -0.2) is 31.1 Å². The van der Waals surface area contributed by atoms with Gasteiger partial charge in [-0.3, -0.25) is 0 Å². The molecule has 1 heterocycles. The Balaban J connectivity index is 1.42. The van der Waals surface area contributed by atoms with Crippen LogP contribution in [0.25, 0.3) is 4.91 Å². The molecule has 0 radical (unpaired) electrons. The Hall–Kier alpha value is -1.80. The number of sulfonamides is 1. The second-order valence-corrected chi connectivity index (χ2v) is 12.6. The Morgan fingerprint density at radius 2 is 1.97 bits per heavy atom. The summed E-state index contributed by atoms with van der Waals surface area (Å²) >= 11 is 7.29. The highest BCUT2D eigenvalue weighted by Gasteiger charge is 2.73. The number of carbonyl (C=O) groups excluding carboxylic acids is 1. The molecule has 0 saturated heterocycles. The number of ether oxygens (including phenoxy) is 1. The molecular formula is C25H26ClNO4S2. The normalized spacial score (nSPS) is 28.3. The summed E-state index contributed by atoms with van der Waals surface area (Å²) in [6.45, 7) is 1.96. The van der Waals surface area contributed by atoms with Crippen molar-refractivity contribution in [3.63, 3.8) is 0 Å². The summed E-state index contributed by atoms with van der Waals surface area (Å²) in [5.74, 6) is -0.751. The lowest BCUT2D eigenvalue weighted by Crippen LogP contribution is -2.49. The molecule has 1 N–H and O–H groups in total. The lowest BCUT2D eigenvalue weighted by molar-refractivity contribution is -0.147. The molecule has 1 fully saturated rings. The monoisotopic (exact) mass is 503 g/mol. The van der Waals surface area contributed by atoms with Crippen LogP contribution >= 0.6 is 23.4 Å². The van der Waals surface area contributed by atoms with Gasteiger partial charge in [-0.25, -0.2) is 13.2 Å². The Morgan fingerprint density at radius 3 is 2.73 bits per heavy atom. The van der Waals surface area contributed by atoms with E-state index in [1.807, 2.05) is 36.4 Å². The van der Waals surface area contributed by atoms with E-state index in [4.69, 9.17) is 16.3 Å². The molecule has 174 valence electrons. The predicted octanol–water partition coefficient (Wildman–Crippen LogP) is 5.12. The van der Waals surface area contributed by atoms with Crippen LogP contribution in [0.4, 0.5) is 0 Å². The van der Waals surface area contributed by atoms with E-state index < -0.39 is 26.1 Å². The third-order valence-electron chi connectivity index (χ3n) is 6.87. The molecule has 0 aromatic heterocycles. The van der Waals surface area contributed by atoms with Gasteiger partial charge in [-0.2, -0.15) is 4.72 Å². The zero-order valence-electron chi connectivity index (χ0n) is 18.3. The molecule has 33 heavy (non-hydrogen) atoms. The van der Waals surface area contributed by atoms with Crippen molar-refractivity contribution in [2.24, 2.45) is 5.92 Å². The summed E-state index contributed by atoms with van der Waals surface area (Å²) in [7, 11) is -3.81. The lowest BCUT2D eigenvalue weighted by Gasteiger charge is -2.23. The van der Waals surface area contributed by atoms with Gasteiger partial charge in [-0.1, -0.05) is 54.1 Å². The molecule has 1 saturated carbocycles. The Kier molecular flexibility index (Phi) is 6.10. The van der Waals surface area contributed by atoms with Crippen molar-refractivity contribution in [3.05, 3.63) is 76.3 Å². The summed E-state index contributed by atoms with van der Waals surface area (Å²) in [4.78, 5) is 14.1. The summed E-state index contributed by atoms with van der Waals surface area (Å²) in [6.07, 6.45) is 4.97. The molecule has 3 aliphatic rings. The number of carbonyl (C=O) groups is 1. The number of nitrogens with one attached hydrogen (secondary N) is 1. The molecule has 2 aliphatic carbocycles. The van der Waals surface area contributed by atoms with E-state index in [0.29, 0.717) is 11.4 Å². The maximum Gasteiger partial charge on any atom is 0.328 e. The van der Waals surface area contributed by atoms with E-state index in [9.17, 15) is 13.2 Å². The number of rotatable bonds is 6. The van der Waals surface area contributed by atoms with Gasteiger partial charge in [-0.15, -0.1) is 11.8 Å². The van der Waals surface area contributed by atoms with E-state index in [-0.39, 0.29) is 18.4 Å². The molecule has 4 unspecified atom stereocenters. The smallest absolute Gasteiger partial charge is 0.328 e. The van der Waals surface area contributed by atoms with Gasteiger partial charge in [0.2, 0.25) is 10.0 Å². The molecule has 4 atom stereocenters. The summed E-state index contributed by atoms with van der Waals surface area (Å²) < 4.78 is 34.8. The van der Waals surface area contributed by atoms with E-state index in [1.54, 1.807) is 19.1 Å². The van der Waals surface area contributed by atoms with Gasteiger partial charge in [0.1, 0.15) is 10.1 Å². The molecule has 2 aromatic carbocycles. The van der Waals surface area contributed by atoms with Crippen molar-refractivity contribution in [1.82, 2.24) is 4.72 Å². The van der Waals surface area contributed by atoms with Crippen LogP contribution in [0, 0.1) is 5.92 Å². The number of esters is 1. The molecule has 5 nitrogen and oxygen atoms in total. The number of hydrogen-bond acceptors (Lipinski definition) is 5. The number of benzene rings is 2. The number of allylic oxidation sites excluding steroid dienone is 1. The molecule has 0 amide bonds. The molecule has 0 bridgehead atoms. The highest BCUT2D eigenvalue weighted by Crippen LogP contribution is 2.63. The average Bonchev–Trinajstić information content (AvgIpc) is 3.19. The first-order chi connectivity index (χ1) is 15.9. The van der Waals surface area contributed by atoms with Gasteiger partial charge >= 0.3 is 5.97 Å². The number of thioether (sulfide) groups is 1. The zero-order valence-corrected chi connectivity index (χ0v) is 20.7. The lowest BCUT2D eigenvalue weighted by atomic mass is 9.97. The van der Waals surface area contributed by atoms with Crippen molar-refractivity contribution in [1.29, 1.82) is 0 Å². The van der Waals surface area contributed by atoms with Crippen LogP contribution in [-0.2, 0) is 26.0 Å². The van der Waals surface area contributed by atoms with Gasteiger partial charge in [0.15, 0.2) is 0 Å². The highest BCUT2D eigenvalue weighted by atomic mass is 35.5. The minimum Gasteiger partial charge on any atom is -0.465 e. The number of halogens is 1. The van der Waals surface area contributed by atoms with Crippen molar-refractivity contribution < 1.29 is 17.9 Å². The maximum atomic E-state index is 13.6. The zero-order chi connectivity index (χ0) is 23.2. The third-order valence-corrected chi connectivity index (χ3v) is 10.8. The largest absolute Gasteiger partial charge is 0.465 e. The maximum absolute atomic E-state index is 13.6. The van der Waals surface area contributed by atoms with Crippen LogP contribution < -0.4 is 4.72 Å². The van der Waals surface area contributed by atoms with Crippen LogP contribution in [0.1, 0.15) is 48.8 Å². The summed E-state index contributed by atoms with van der Waals surface area (Å²) in [6, 6.07) is 15.4. The van der Waals surface area contributed by atoms with E-state index >= 15 is 0 Å². The van der Waals surface area contributed by atoms with Crippen LogP contribution in [0.2, 0.25) is 5.02 Å². The molecular weight excluding hydrogens is 478 g/mol. The summed E-state index contributed by atoms with van der Waals surface area (Å²) in [5, 5.41) is 0.636. The predicted molar refractivity (Wildman–Crippen MR) is 132 cm³/mol. The van der Waals surface area contributed by atoms with Crippen molar-refractivity contribution >= 4 is 44.3 Å². The molecule has 0 spiro atoms. The minimum atomic E-state index is -3.81. The van der Waals surface area contributed by atoms with Crippen molar-refractivity contribution in [2.75, 3.05) is 6.61 Å². The number of hydrogen-bond donors (Lipinski definition) is 1. The molecule has 8 heteroatoms. The third kappa shape index (κ3) is 4.03. The van der Waals surface area contributed by atoms with E-state index in [1.165, 1.54) is 17.3 Å². The Labute approximate surface area is 204 Å². The summed E-state index contributed by atoms with van der Waals surface area (Å²) in [5.41, 5.74) is 1.97. The van der Waals surface area contributed by atoms with Gasteiger partial charge in [-0.05, 0) is 67.3 Å². The average molecular weight is 504 g/mol. The standard InChI is InChI=1S/C25H26ClNO4S2/c1-2-31-24(28)25(20-9-5-7-16-6-3-4-8-19(16)23(20)25)27-33(29,30)22-15-14-21(32-22)17-10-12-18(26)13-11-17/h3-4,6,8,10-14,20,22-23,27H,2,5,7,9,15H2,1H3. The number of fused-ring (bicyclic) bond motifs is 3. The molecule has 5 rings (SSSR count). The first-order valence-corrected chi connectivity index (χ1v) is 14.1. The number of aryl methyl sites for hydroxylation is 1. The van der Waals surface area contributed by atoms with E-state index in [0.717, 1.165) is 35.3 Å². The first kappa shape index (κ1) is 23.0. The second-order valence-electron chi connectivity index (χ2n) is 8.77. The SMILES string of the molecule is CCOC(=O)C1(NS(=O)(=O)C2CC=C(c3ccc(Cl)cc3)S2)C2CCCc3ccccc3C21. The second kappa shape index (κ2) is 8.77. The van der Waals surface area contributed by atoms with Gasteiger partial charge in [0.05, 0.1) is 6.61 Å². The molecule has 2 aromatic rings. The molecule has 1 aliphatic heterocycles. The van der Waals surface area contributed by atoms with Crippen molar-refractivity contribution in [3.8, 4) is 0 Å². The van der Waals surface area contributed by atoms with Crippen molar-refractivity contribution in [2.45, 2.75) is 48.6 Å². The fraction of sp³-hybridized carbons (Fsp3) is 0.400. The topological polar surface area (TPSA) is 72.5 Å². The highest BCUT2D eigenvalue weighted by molar-refractivity contribution is 8.18. The van der Waals surface area contributed by atoms with Crippen LogP contribution in [0.3, 0.4) is 0 Å². The fourth-order valence-electron chi connectivity index (χ4n) is 5.34. The van der Waals surface area contributed by atoms with Gasteiger partial charge in [0, 0.05) is 15.8 Å². The Morgan fingerprint density at radius 1 is 1.21 bits per heavy atom. The minimum absolute atomic E-state index is 0.0925. The van der Waals surface area contributed by atoms with E-state index in [2.05, 4.69) is 10.8 Å². The van der Waals surface area contributed by atoms with Gasteiger partial charge < -0.3 is 4.74 Å². The van der Waals surface area contributed by atoms with Crippen LogP contribution in [0.5, 0.6) is 0 Å². The van der Waals surface area contributed by atoms with Gasteiger partial charge in [0.25, 0.3) is 0 Å². The quantitative estimate of drug-likeness (QED) is 0.554. The Bertz CT molecular complexity index is 1210.